The molecule has 2 N–H and O–H groups in total. The molecule has 2 rings (SSSR count). The van der Waals surface area contributed by atoms with Gasteiger partial charge in [-0.1, -0.05) is 18.5 Å². The lowest BCUT2D eigenvalue weighted by molar-refractivity contribution is -0.384. The molecule has 2 aromatic rings. The third-order valence-electron chi connectivity index (χ3n) is 3.05. The maximum atomic E-state index is 12.3. The number of nitrogens with one attached hydrogen (secondary N) is 2. The van der Waals surface area contributed by atoms with E-state index >= 15 is 0 Å². The lowest BCUT2D eigenvalue weighted by Crippen LogP contribution is -2.29. The second-order valence-corrected chi connectivity index (χ2v) is 5.04. The zero-order valence-electron chi connectivity index (χ0n) is 12.0. The highest BCUT2D eigenvalue weighted by Gasteiger charge is 2.21. The first-order valence-electron chi connectivity index (χ1n) is 6.56. The van der Waals surface area contributed by atoms with E-state index in [-0.39, 0.29) is 16.3 Å². The molecule has 0 radical (unpaired) electrons. The van der Waals surface area contributed by atoms with E-state index < -0.39 is 16.9 Å². The normalized spacial score (nSPS) is 12.0. The van der Waals surface area contributed by atoms with E-state index in [1.165, 1.54) is 12.1 Å². The summed E-state index contributed by atoms with van der Waals surface area (Å²) in [5, 5.41) is 20.4. The molecule has 1 atom stereocenters. The van der Waals surface area contributed by atoms with Crippen molar-refractivity contribution in [2.45, 2.75) is 26.3 Å². The zero-order valence-corrected chi connectivity index (χ0v) is 12.7. The van der Waals surface area contributed by atoms with Crippen LogP contribution in [0.5, 0.6) is 0 Å². The van der Waals surface area contributed by atoms with E-state index in [1.807, 2.05) is 6.92 Å². The van der Waals surface area contributed by atoms with Gasteiger partial charge >= 0.3 is 0 Å². The first kappa shape index (κ1) is 15.9. The first-order chi connectivity index (χ1) is 10.4. The molecule has 22 heavy (non-hydrogen) atoms. The quantitative estimate of drug-likeness (QED) is 0.648. The summed E-state index contributed by atoms with van der Waals surface area (Å²) >= 11 is 5.95. The number of carbonyl (C=O) groups excluding carboxylic acids is 1. The highest BCUT2D eigenvalue weighted by molar-refractivity contribution is 6.33. The van der Waals surface area contributed by atoms with Gasteiger partial charge in [-0.05, 0) is 19.4 Å². The van der Waals surface area contributed by atoms with Crippen LogP contribution >= 0.6 is 11.6 Å². The summed E-state index contributed by atoms with van der Waals surface area (Å²) in [4.78, 5) is 26.7. The Balaban J connectivity index is 2.24. The Morgan fingerprint density at radius 2 is 2.27 bits per heavy atom. The van der Waals surface area contributed by atoms with Crippen molar-refractivity contribution in [3.05, 3.63) is 50.5 Å². The van der Waals surface area contributed by atoms with Gasteiger partial charge in [0.25, 0.3) is 11.6 Å². The summed E-state index contributed by atoms with van der Waals surface area (Å²) in [6.07, 6.45) is 0.565. The molecule has 0 unspecified atom stereocenters. The van der Waals surface area contributed by atoms with E-state index in [0.717, 1.165) is 6.07 Å². The number of aromatic nitrogens is 3. The number of carbonyl (C=O) groups is 1. The molecule has 0 saturated carbocycles. The van der Waals surface area contributed by atoms with E-state index in [2.05, 4.69) is 20.5 Å². The van der Waals surface area contributed by atoms with Gasteiger partial charge in [0, 0.05) is 12.1 Å². The largest absolute Gasteiger partial charge is 0.342 e. The van der Waals surface area contributed by atoms with Crippen LogP contribution in [0.1, 0.15) is 41.4 Å². The summed E-state index contributed by atoms with van der Waals surface area (Å²) in [5.41, 5.74) is -0.155. The van der Waals surface area contributed by atoms with Crippen molar-refractivity contribution in [3.8, 4) is 0 Å². The molecule has 0 aliphatic heterocycles. The van der Waals surface area contributed by atoms with Crippen LogP contribution < -0.4 is 5.32 Å². The number of hydrogen-bond acceptors (Lipinski definition) is 5. The van der Waals surface area contributed by atoms with Crippen molar-refractivity contribution in [2.75, 3.05) is 0 Å². The predicted octanol–water partition coefficient (Wildman–Crippen LogP) is 2.56. The van der Waals surface area contributed by atoms with Crippen molar-refractivity contribution in [3.63, 3.8) is 0 Å². The second-order valence-electron chi connectivity index (χ2n) is 4.63. The number of rotatable bonds is 5. The molecule has 8 nitrogen and oxygen atoms in total. The number of hydrogen-bond donors (Lipinski definition) is 2. The standard InChI is InChI=1S/C13H14ClN5O3/c1-3-11(12-15-7(2)17-18-12)16-13(20)9-6-8(19(21)22)4-5-10(9)14/h4-6,11H,3H2,1-2H3,(H,16,20)(H,15,17,18)/t11-/m1/s1. The predicted molar refractivity (Wildman–Crippen MR) is 79.7 cm³/mol. The number of nitrogens with zero attached hydrogens (tertiary/aromatic N) is 3. The first-order valence-corrected chi connectivity index (χ1v) is 6.93. The number of amides is 1. The van der Waals surface area contributed by atoms with Gasteiger partial charge in [-0.3, -0.25) is 20.0 Å². The van der Waals surface area contributed by atoms with Gasteiger partial charge in [0.2, 0.25) is 0 Å². The summed E-state index contributed by atoms with van der Waals surface area (Å²) in [6, 6.07) is 3.31. The maximum Gasteiger partial charge on any atom is 0.270 e. The fraction of sp³-hybridized carbons (Fsp3) is 0.308. The van der Waals surface area contributed by atoms with Crippen LogP contribution in [0.15, 0.2) is 18.2 Å². The molecular weight excluding hydrogens is 310 g/mol. The summed E-state index contributed by atoms with van der Waals surface area (Å²) in [5.74, 6) is 0.578. The van der Waals surface area contributed by atoms with E-state index in [1.54, 1.807) is 6.92 Å². The van der Waals surface area contributed by atoms with Gasteiger partial charge < -0.3 is 5.32 Å². The van der Waals surface area contributed by atoms with Crippen LogP contribution in [0.4, 0.5) is 5.69 Å². The van der Waals surface area contributed by atoms with Gasteiger partial charge in [0.1, 0.15) is 5.82 Å². The SMILES string of the molecule is CC[C@@H](NC(=O)c1cc([N+](=O)[O-])ccc1Cl)c1n[nH]c(C)n1. The van der Waals surface area contributed by atoms with Gasteiger partial charge in [-0.25, -0.2) is 4.98 Å². The minimum Gasteiger partial charge on any atom is -0.342 e. The number of H-pyrrole nitrogens is 1. The Morgan fingerprint density at radius 1 is 1.55 bits per heavy atom. The van der Waals surface area contributed by atoms with Crippen molar-refractivity contribution < 1.29 is 9.72 Å². The lowest BCUT2D eigenvalue weighted by atomic mass is 10.1. The number of halogens is 1. The molecule has 1 aromatic heterocycles. The average molecular weight is 324 g/mol. The second kappa shape index (κ2) is 6.52. The minimum absolute atomic E-state index is 0.0431. The van der Waals surface area contributed by atoms with Gasteiger partial charge in [-0.2, -0.15) is 5.10 Å². The summed E-state index contributed by atoms with van der Waals surface area (Å²) in [7, 11) is 0. The molecule has 0 saturated heterocycles. The maximum absolute atomic E-state index is 12.3. The highest BCUT2D eigenvalue weighted by atomic mass is 35.5. The number of non-ortho nitro benzene ring substituents is 1. The lowest BCUT2D eigenvalue weighted by Gasteiger charge is -2.14. The molecule has 9 heteroatoms. The number of nitro groups is 1. The molecule has 1 amide bonds. The smallest absolute Gasteiger partial charge is 0.270 e. The Kier molecular flexibility index (Phi) is 4.71. The minimum atomic E-state index is -0.580. The van der Waals surface area contributed by atoms with Crippen LogP contribution in [-0.2, 0) is 0 Å². The van der Waals surface area contributed by atoms with Crippen LogP contribution in [0.25, 0.3) is 0 Å². The fourth-order valence-corrected chi connectivity index (χ4v) is 2.11. The zero-order chi connectivity index (χ0) is 16.3. The van der Waals surface area contributed by atoms with Crippen LogP contribution in [0.2, 0.25) is 5.02 Å². The van der Waals surface area contributed by atoms with Crippen molar-refractivity contribution in [2.24, 2.45) is 0 Å². The van der Waals surface area contributed by atoms with Gasteiger partial charge in [0.15, 0.2) is 5.82 Å². The molecule has 0 aliphatic carbocycles. The van der Waals surface area contributed by atoms with Crippen molar-refractivity contribution >= 4 is 23.2 Å². The number of aromatic amines is 1. The third-order valence-corrected chi connectivity index (χ3v) is 3.37. The fourth-order valence-electron chi connectivity index (χ4n) is 1.90. The Morgan fingerprint density at radius 3 is 2.82 bits per heavy atom. The van der Waals surface area contributed by atoms with E-state index in [9.17, 15) is 14.9 Å². The van der Waals surface area contributed by atoms with Crippen LogP contribution in [-0.4, -0.2) is 26.0 Å². The highest BCUT2D eigenvalue weighted by Crippen LogP contribution is 2.23. The average Bonchev–Trinajstić information content (AvgIpc) is 2.91. The van der Waals surface area contributed by atoms with Crippen LogP contribution in [0, 0.1) is 17.0 Å². The molecule has 0 aliphatic rings. The Bertz CT molecular complexity index is 715. The molecule has 1 aromatic carbocycles. The molecule has 0 spiro atoms. The van der Waals surface area contributed by atoms with Crippen molar-refractivity contribution in [1.29, 1.82) is 0 Å². The Hall–Kier alpha value is -2.48. The summed E-state index contributed by atoms with van der Waals surface area (Å²) in [6.45, 7) is 3.62. The molecule has 0 bridgehead atoms. The Labute approximate surface area is 131 Å². The molecule has 1 heterocycles. The van der Waals surface area contributed by atoms with Gasteiger partial charge in [-0.15, -0.1) is 0 Å². The van der Waals surface area contributed by atoms with Crippen LogP contribution in [0.3, 0.4) is 0 Å². The van der Waals surface area contributed by atoms with Gasteiger partial charge in [0.05, 0.1) is 21.6 Å². The summed E-state index contributed by atoms with van der Waals surface area (Å²) < 4.78 is 0. The van der Waals surface area contributed by atoms with E-state index in [0.29, 0.717) is 18.1 Å². The van der Waals surface area contributed by atoms with Crippen molar-refractivity contribution in [1.82, 2.24) is 20.5 Å². The molecule has 0 fully saturated rings. The third kappa shape index (κ3) is 3.40. The van der Waals surface area contributed by atoms with E-state index in [4.69, 9.17) is 11.6 Å². The topological polar surface area (TPSA) is 114 Å². The number of aryl methyl sites for hydroxylation is 1. The number of benzene rings is 1. The number of nitro benzene ring substituents is 1. The molecule has 116 valence electrons. The molecular formula is C13H14ClN5O3. The monoisotopic (exact) mass is 323 g/mol.